The van der Waals surface area contributed by atoms with Crippen LogP contribution in [0.2, 0.25) is 0 Å². The first-order chi connectivity index (χ1) is 8.99. The summed E-state index contributed by atoms with van der Waals surface area (Å²) in [6.45, 7) is 2.78. The van der Waals surface area contributed by atoms with Crippen LogP contribution in [0.3, 0.4) is 0 Å². The summed E-state index contributed by atoms with van der Waals surface area (Å²) in [4.78, 5) is 14.2. The van der Waals surface area contributed by atoms with Gasteiger partial charge in [-0.3, -0.25) is 9.48 Å². The number of hydrogen-bond donors (Lipinski definition) is 1. The van der Waals surface area contributed by atoms with Crippen LogP contribution in [0.1, 0.15) is 16.2 Å². The summed E-state index contributed by atoms with van der Waals surface area (Å²) in [5.74, 6) is -0.137. The molecule has 7 nitrogen and oxygen atoms in total. The zero-order valence-corrected chi connectivity index (χ0v) is 11.7. The number of aromatic nitrogens is 2. The number of hydrogen-bond acceptors (Lipinski definition) is 5. The van der Waals surface area contributed by atoms with Crippen LogP contribution in [0.25, 0.3) is 0 Å². The summed E-state index contributed by atoms with van der Waals surface area (Å²) >= 11 is 0. The summed E-state index contributed by atoms with van der Waals surface area (Å²) < 4.78 is 12.2. The Kier molecular flexibility index (Phi) is 3.77. The van der Waals surface area contributed by atoms with E-state index < -0.39 is 0 Å². The van der Waals surface area contributed by atoms with Crippen LogP contribution in [0.5, 0.6) is 0 Å². The lowest BCUT2D eigenvalue weighted by molar-refractivity contribution is -0.00461. The van der Waals surface area contributed by atoms with Gasteiger partial charge in [-0.2, -0.15) is 5.10 Å². The molecule has 1 aromatic heterocycles. The van der Waals surface area contributed by atoms with Gasteiger partial charge in [0, 0.05) is 34.4 Å². The molecule has 7 heteroatoms. The van der Waals surface area contributed by atoms with Crippen LogP contribution in [0.15, 0.2) is 0 Å². The molecule has 1 aromatic rings. The van der Waals surface area contributed by atoms with Crippen molar-refractivity contribution in [2.75, 3.05) is 33.0 Å². The van der Waals surface area contributed by atoms with Crippen molar-refractivity contribution >= 4 is 11.6 Å². The molecule has 2 heterocycles. The molecular formula is C12H20N4O3. The maximum atomic E-state index is 12.5. The van der Waals surface area contributed by atoms with Crippen molar-refractivity contribution < 1.29 is 14.3 Å². The van der Waals surface area contributed by atoms with Gasteiger partial charge in [0.25, 0.3) is 5.91 Å². The number of carbonyl (C=O) groups is 1. The third kappa shape index (κ3) is 2.31. The predicted octanol–water partition coefficient (Wildman–Crippen LogP) is -0.203. The number of likely N-dealkylation sites (tertiary alicyclic amines) is 1. The van der Waals surface area contributed by atoms with Gasteiger partial charge in [-0.05, 0) is 6.92 Å². The smallest absolute Gasteiger partial charge is 0.274 e. The van der Waals surface area contributed by atoms with E-state index >= 15 is 0 Å². The van der Waals surface area contributed by atoms with E-state index in [0.29, 0.717) is 30.2 Å². The third-order valence-corrected chi connectivity index (χ3v) is 3.58. The lowest BCUT2D eigenvalue weighted by Gasteiger charge is -2.16. The van der Waals surface area contributed by atoms with E-state index in [9.17, 15) is 4.79 Å². The van der Waals surface area contributed by atoms with Crippen molar-refractivity contribution in [1.29, 1.82) is 0 Å². The van der Waals surface area contributed by atoms with Gasteiger partial charge in [0.05, 0.1) is 11.4 Å². The highest BCUT2D eigenvalue weighted by Crippen LogP contribution is 2.22. The number of anilines is 1. The highest BCUT2D eigenvalue weighted by Gasteiger charge is 2.37. The Hall–Kier alpha value is -1.60. The van der Waals surface area contributed by atoms with E-state index in [2.05, 4.69) is 5.10 Å². The number of nitrogen functional groups attached to an aromatic ring is 1. The van der Waals surface area contributed by atoms with E-state index in [1.807, 2.05) is 0 Å². The highest BCUT2D eigenvalue weighted by molar-refractivity contribution is 5.98. The summed E-state index contributed by atoms with van der Waals surface area (Å²) in [5, 5.41) is 4.16. The number of carbonyl (C=O) groups excluding carboxylic acids is 1. The highest BCUT2D eigenvalue weighted by atomic mass is 16.5. The molecule has 0 aromatic carbocycles. The molecule has 0 radical (unpaired) electrons. The quantitative estimate of drug-likeness (QED) is 0.820. The monoisotopic (exact) mass is 268 g/mol. The van der Waals surface area contributed by atoms with Gasteiger partial charge < -0.3 is 20.1 Å². The summed E-state index contributed by atoms with van der Waals surface area (Å²) in [6.07, 6.45) is -0.214. The Morgan fingerprint density at radius 3 is 2.21 bits per heavy atom. The predicted molar refractivity (Wildman–Crippen MR) is 69.9 cm³/mol. The standard InChI is InChI=1S/C12H20N4O3/c1-7-10(13)11(15(2)14-7)12(17)16-5-8(18-3)9(6-16)19-4/h8-9H,5-6,13H2,1-4H3. The Labute approximate surface area is 112 Å². The van der Waals surface area contributed by atoms with E-state index in [1.165, 1.54) is 4.68 Å². The first kappa shape index (κ1) is 13.8. The van der Waals surface area contributed by atoms with Crippen LogP contribution in [-0.4, -0.2) is 60.1 Å². The van der Waals surface area contributed by atoms with Crippen LogP contribution < -0.4 is 5.73 Å². The van der Waals surface area contributed by atoms with Gasteiger partial charge in [0.2, 0.25) is 0 Å². The topological polar surface area (TPSA) is 82.6 Å². The molecule has 2 N–H and O–H groups in total. The second kappa shape index (κ2) is 5.18. The Bertz CT molecular complexity index is 474. The maximum absolute atomic E-state index is 12.5. The molecule has 1 saturated heterocycles. The Balaban J connectivity index is 2.21. The molecule has 19 heavy (non-hydrogen) atoms. The molecule has 106 valence electrons. The average molecular weight is 268 g/mol. The lowest BCUT2D eigenvalue weighted by Crippen LogP contribution is -2.32. The second-order valence-corrected chi connectivity index (χ2v) is 4.73. The van der Waals surface area contributed by atoms with E-state index in [-0.39, 0.29) is 18.1 Å². The van der Waals surface area contributed by atoms with Crippen LogP contribution in [0.4, 0.5) is 5.69 Å². The number of nitrogens with zero attached hydrogens (tertiary/aromatic N) is 3. The van der Waals surface area contributed by atoms with Crippen molar-refractivity contribution in [3.05, 3.63) is 11.4 Å². The van der Waals surface area contributed by atoms with Gasteiger partial charge in [-0.15, -0.1) is 0 Å². The molecule has 1 aliphatic rings. The van der Waals surface area contributed by atoms with Crippen molar-refractivity contribution in [3.8, 4) is 0 Å². The van der Waals surface area contributed by atoms with E-state index in [0.717, 1.165) is 0 Å². The minimum Gasteiger partial charge on any atom is -0.395 e. The summed E-state index contributed by atoms with van der Waals surface area (Å²) in [5.41, 5.74) is 7.43. The molecule has 1 fully saturated rings. The van der Waals surface area contributed by atoms with Crippen molar-refractivity contribution in [2.24, 2.45) is 7.05 Å². The second-order valence-electron chi connectivity index (χ2n) is 4.73. The number of amides is 1. The summed E-state index contributed by atoms with van der Waals surface area (Å²) in [6, 6.07) is 0. The largest absolute Gasteiger partial charge is 0.395 e. The molecule has 1 aliphatic heterocycles. The van der Waals surface area contributed by atoms with Gasteiger partial charge in [0.1, 0.15) is 17.9 Å². The zero-order valence-electron chi connectivity index (χ0n) is 11.7. The van der Waals surface area contributed by atoms with Crippen molar-refractivity contribution in [2.45, 2.75) is 19.1 Å². The number of methoxy groups -OCH3 is 2. The molecule has 0 aliphatic carbocycles. The first-order valence-electron chi connectivity index (χ1n) is 6.13. The molecule has 2 rings (SSSR count). The number of rotatable bonds is 3. The van der Waals surface area contributed by atoms with E-state index in [4.69, 9.17) is 15.2 Å². The normalized spacial score (nSPS) is 23.1. The fourth-order valence-corrected chi connectivity index (χ4v) is 2.44. The number of ether oxygens (including phenoxy) is 2. The Morgan fingerprint density at radius 2 is 1.84 bits per heavy atom. The molecule has 2 unspecified atom stereocenters. The molecule has 1 amide bonds. The van der Waals surface area contributed by atoms with Gasteiger partial charge in [-0.1, -0.05) is 0 Å². The SMILES string of the molecule is COC1CN(C(=O)c2c(N)c(C)nn2C)CC1OC. The van der Waals surface area contributed by atoms with Crippen molar-refractivity contribution in [3.63, 3.8) is 0 Å². The van der Waals surface area contributed by atoms with E-state index in [1.54, 1.807) is 33.1 Å². The number of aryl methyl sites for hydroxylation is 2. The molecule has 0 bridgehead atoms. The lowest BCUT2D eigenvalue weighted by atomic mass is 10.3. The minimum absolute atomic E-state index is 0.107. The average Bonchev–Trinajstić information content (AvgIpc) is 2.91. The molecule has 0 saturated carbocycles. The zero-order chi connectivity index (χ0) is 14.2. The van der Waals surface area contributed by atoms with Gasteiger partial charge in [-0.25, -0.2) is 0 Å². The van der Waals surface area contributed by atoms with Gasteiger partial charge >= 0.3 is 0 Å². The van der Waals surface area contributed by atoms with Crippen LogP contribution >= 0.6 is 0 Å². The number of nitrogens with two attached hydrogens (primary N) is 1. The van der Waals surface area contributed by atoms with Crippen molar-refractivity contribution in [1.82, 2.24) is 14.7 Å². The third-order valence-electron chi connectivity index (χ3n) is 3.58. The summed E-state index contributed by atoms with van der Waals surface area (Å²) in [7, 11) is 4.95. The fourth-order valence-electron chi connectivity index (χ4n) is 2.44. The minimum atomic E-state index is -0.137. The first-order valence-corrected chi connectivity index (χ1v) is 6.13. The van der Waals surface area contributed by atoms with Crippen LogP contribution in [-0.2, 0) is 16.5 Å². The molecule has 0 spiro atoms. The molecular weight excluding hydrogens is 248 g/mol. The Morgan fingerprint density at radius 1 is 1.32 bits per heavy atom. The van der Waals surface area contributed by atoms with Crippen LogP contribution in [0, 0.1) is 6.92 Å². The molecule has 2 atom stereocenters. The maximum Gasteiger partial charge on any atom is 0.274 e. The van der Waals surface area contributed by atoms with Gasteiger partial charge in [0.15, 0.2) is 0 Å². The fraction of sp³-hybridized carbons (Fsp3) is 0.667.